The second-order valence-corrected chi connectivity index (χ2v) is 5.17. The number of nitrogens with one attached hydrogen (secondary N) is 1. The van der Waals surface area contributed by atoms with E-state index in [1.807, 2.05) is 60.4 Å². The van der Waals surface area contributed by atoms with E-state index in [4.69, 9.17) is 0 Å². The maximum Gasteiger partial charge on any atom is 0.244 e. The van der Waals surface area contributed by atoms with Crippen molar-refractivity contribution in [2.45, 2.75) is 19.4 Å². The van der Waals surface area contributed by atoms with Gasteiger partial charge in [0.25, 0.3) is 0 Å². The summed E-state index contributed by atoms with van der Waals surface area (Å²) in [4.78, 5) is 13.8. The van der Waals surface area contributed by atoms with Crippen LogP contribution in [0.3, 0.4) is 0 Å². The van der Waals surface area contributed by atoms with Crippen molar-refractivity contribution >= 4 is 23.0 Å². The molecule has 1 atom stereocenters. The molecule has 4 nitrogen and oxygen atoms in total. The van der Waals surface area contributed by atoms with Crippen molar-refractivity contribution < 1.29 is 9.90 Å². The molecule has 3 rings (SSSR count). The Hall–Kier alpha value is -2.33. The Labute approximate surface area is 124 Å². The molecule has 1 unspecified atom stereocenters. The van der Waals surface area contributed by atoms with Crippen LogP contribution in [0, 0.1) is 0 Å². The third kappa shape index (κ3) is 2.62. The Kier molecular flexibility index (Phi) is 3.62. The highest BCUT2D eigenvalue weighted by Gasteiger charge is 2.22. The number of hydrogen-bond acceptors (Lipinski definition) is 3. The molecule has 108 valence electrons. The van der Waals surface area contributed by atoms with Crippen molar-refractivity contribution in [3.05, 3.63) is 54.1 Å². The number of para-hydroxylation sites is 2. The van der Waals surface area contributed by atoms with Crippen molar-refractivity contribution in [1.29, 1.82) is 0 Å². The average molecular weight is 282 g/mol. The lowest BCUT2D eigenvalue weighted by Crippen LogP contribution is -2.34. The van der Waals surface area contributed by atoms with Crippen LogP contribution in [0.15, 0.2) is 48.5 Å². The number of nitrogens with zero attached hydrogens (tertiary/aromatic N) is 1. The zero-order valence-electron chi connectivity index (χ0n) is 11.9. The number of carbonyl (C=O) groups is 1. The van der Waals surface area contributed by atoms with E-state index in [9.17, 15) is 9.90 Å². The van der Waals surface area contributed by atoms with E-state index in [1.54, 1.807) is 0 Å². The SMILES string of the molecule is CCC(O)c1ccc(N2CC(=O)Nc3ccccc32)cc1. The number of anilines is 3. The molecule has 2 N–H and O–H groups in total. The number of carbonyl (C=O) groups excluding carboxylic acids is 1. The Bertz CT molecular complexity index is 652. The van der Waals surface area contributed by atoms with Crippen molar-refractivity contribution in [3.63, 3.8) is 0 Å². The van der Waals surface area contributed by atoms with Crippen molar-refractivity contribution in [3.8, 4) is 0 Å². The summed E-state index contributed by atoms with van der Waals surface area (Å²) in [5.41, 5.74) is 3.66. The first-order valence-electron chi connectivity index (χ1n) is 7.13. The third-order valence-corrected chi connectivity index (χ3v) is 3.75. The molecule has 0 spiro atoms. The fourth-order valence-corrected chi connectivity index (χ4v) is 2.58. The molecule has 0 fully saturated rings. The Balaban J connectivity index is 1.95. The van der Waals surface area contributed by atoms with Gasteiger partial charge < -0.3 is 15.3 Å². The van der Waals surface area contributed by atoms with E-state index in [0.29, 0.717) is 13.0 Å². The second-order valence-electron chi connectivity index (χ2n) is 5.17. The van der Waals surface area contributed by atoms with Crippen LogP contribution in [0.1, 0.15) is 25.0 Å². The number of rotatable bonds is 3. The number of hydrogen-bond donors (Lipinski definition) is 2. The zero-order valence-corrected chi connectivity index (χ0v) is 11.9. The van der Waals surface area contributed by atoms with Gasteiger partial charge >= 0.3 is 0 Å². The molecule has 0 aliphatic carbocycles. The van der Waals surface area contributed by atoms with Crippen LogP contribution in [-0.2, 0) is 4.79 Å². The molecule has 2 aromatic rings. The van der Waals surface area contributed by atoms with Crippen LogP contribution in [0.2, 0.25) is 0 Å². The lowest BCUT2D eigenvalue weighted by atomic mass is 10.1. The van der Waals surface area contributed by atoms with Crippen LogP contribution in [-0.4, -0.2) is 17.6 Å². The number of amides is 1. The highest BCUT2D eigenvalue weighted by Crippen LogP contribution is 2.35. The predicted octanol–water partition coefficient (Wildman–Crippen LogP) is 3.22. The van der Waals surface area contributed by atoms with Gasteiger partial charge in [-0.1, -0.05) is 31.2 Å². The number of fused-ring (bicyclic) bond motifs is 1. The van der Waals surface area contributed by atoms with Gasteiger partial charge in [-0.2, -0.15) is 0 Å². The molecule has 4 heteroatoms. The zero-order chi connectivity index (χ0) is 14.8. The molecule has 0 bridgehead atoms. The predicted molar refractivity (Wildman–Crippen MR) is 83.8 cm³/mol. The fourth-order valence-electron chi connectivity index (χ4n) is 2.58. The molecule has 2 aromatic carbocycles. The summed E-state index contributed by atoms with van der Waals surface area (Å²) in [6.07, 6.45) is 0.255. The number of aliphatic hydroxyl groups excluding tert-OH is 1. The van der Waals surface area contributed by atoms with E-state index in [2.05, 4.69) is 5.32 Å². The quantitative estimate of drug-likeness (QED) is 0.908. The summed E-state index contributed by atoms with van der Waals surface area (Å²) in [7, 11) is 0. The molecule has 0 radical (unpaired) electrons. The van der Waals surface area contributed by atoms with Crippen LogP contribution in [0.4, 0.5) is 17.1 Å². The van der Waals surface area contributed by atoms with E-state index >= 15 is 0 Å². The summed E-state index contributed by atoms with van der Waals surface area (Å²) >= 11 is 0. The maximum atomic E-state index is 11.8. The van der Waals surface area contributed by atoms with Gasteiger partial charge in [0.2, 0.25) is 5.91 Å². The summed E-state index contributed by atoms with van der Waals surface area (Å²) in [6, 6.07) is 15.5. The molecular weight excluding hydrogens is 264 g/mol. The number of benzene rings is 2. The topological polar surface area (TPSA) is 52.6 Å². The smallest absolute Gasteiger partial charge is 0.244 e. The first kappa shape index (κ1) is 13.6. The van der Waals surface area contributed by atoms with E-state index in [0.717, 1.165) is 22.6 Å². The summed E-state index contributed by atoms with van der Waals surface area (Å²) in [6.45, 7) is 2.25. The fraction of sp³-hybridized carbons (Fsp3) is 0.235. The van der Waals surface area contributed by atoms with Crippen LogP contribution < -0.4 is 10.2 Å². The van der Waals surface area contributed by atoms with Crippen molar-refractivity contribution in [2.24, 2.45) is 0 Å². The minimum atomic E-state index is -0.434. The monoisotopic (exact) mass is 282 g/mol. The Morgan fingerprint density at radius 3 is 2.62 bits per heavy atom. The van der Waals surface area contributed by atoms with Gasteiger partial charge in [0.1, 0.15) is 6.54 Å². The largest absolute Gasteiger partial charge is 0.388 e. The van der Waals surface area contributed by atoms with Crippen molar-refractivity contribution in [2.75, 3.05) is 16.8 Å². The van der Waals surface area contributed by atoms with Gasteiger partial charge in [-0.15, -0.1) is 0 Å². The minimum absolute atomic E-state index is 0.0219. The molecule has 1 heterocycles. The molecule has 0 saturated heterocycles. The van der Waals surface area contributed by atoms with Crippen LogP contribution in [0.5, 0.6) is 0 Å². The van der Waals surface area contributed by atoms with Gasteiger partial charge in [0, 0.05) is 5.69 Å². The highest BCUT2D eigenvalue weighted by atomic mass is 16.3. The summed E-state index contributed by atoms with van der Waals surface area (Å²) in [5.74, 6) is -0.0219. The summed E-state index contributed by atoms with van der Waals surface area (Å²) in [5, 5.41) is 12.7. The molecule has 1 aliphatic heterocycles. The third-order valence-electron chi connectivity index (χ3n) is 3.75. The van der Waals surface area contributed by atoms with Gasteiger partial charge in [0.15, 0.2) is 0 Å². The van der Waals surface area contributed by atoms with E-state index in [1.165, 1.54) is 0 Å². The first-order chi connectivity index (χ1) is 10.2. The lowest BCUT2D eigenvalue weighted by molar-refractivity contribution is -0.115. The van der Waals surface area contributed by atoms with E-state index < -0.39 is 6.10 Å². The van der Waals surface area contributed by atoms with Crippen LogP contribution >= 0.6 is 0 Å². The van der Waals surface area contributed by atoms with Gasteiger partial charge in [-0.25, -0.2) is 0 Å². The molecule has 1 aliphatic rings. The maximum absolute atomic E-state index is 11.8. The lowest BCUT2D eigenvalue weighted by Gasteiger charge is -2.31. The van der Waals surface area contributed by atoms with E-state index in [-0.39, 0.29) is 5.91 Å². The highest BCUT2D eigenvalue weighted by molar-refractivity contribution is 6.03. The molecular formula is C17H18N2O2. The van der Waals surface area contributed by atoms with Gasteiger partial charge in [-0.05, 0) is 36.2 Å². The number of aliphatic hydroxyl groups is 1. The second kappa shape index (κ2) is 5.58. The Morgan fingerprint density at radius 2 is 1.90 bits per heavy atom. The molecule has 21 heavy (non-hydrogen) atoms. The average Bonchev–Trinajstić information content (AvgIpc) is 2.53. The molecule has 0 aromatic heterocycles. The van der Waals surface area contributed by atoms with Gasteiger partial charge in [0.05, 0.1) is 17.5 Å². The molecule has 1 amide bonds. The van der Waals surface area contributed by atoms with Crippen molar-refractivity contribution in [1.82, 2.24) is 0 Å². The molecule has 0 saturated carbocycles. The summed E-state index contributed by atoms with van der Waals surface area (Å²) < 4.78 is 0. The normalized spacial score (nSPS) is 15.3. The Morgan fingerprint density at radius 1 is 1.19 bits per heavy atom. The first-order valence-corrected chi connectivity index (χ1v) is 7.13. The standard InChI is InChI=1S/C17H18N2O2/c1-2-16(20)12-7-9-13(10-8-12)19-11-17(21)18-14-5-3-4-6-15(14)19/h3-10,16,20H,2,11H2,1H3,(H,18,21). The minimum Gasteiger partial charge on any atom is -0.388 e. The van der Waals surface area contributed by atoms with Crippen LogP contribution in [0.25, 0.3) is 0 Å². The van der Waals surface area contributed by atoms with Gasteiger partial charge in [-0.3, -0.25) is 4.79 Å².